The third kappa shape index (κ3) is 3.36. The summed E-state index contributed by atoms with van der Waals surface area (Å²) in [4.78, 5) is 27.7. The lowest BCUT2D eigenvalue weighted by atomic mass is 10.1. The van der Waals surface area contributed by atoms with Crippen LogP contribution in [-0.2, 0) is 0 Å². The van der Waals surface area contributed by atoms with Crippen LogP contribution in [0.4, 0.5) is 5.69 Å². The Bertz CT molecular complexity index is 698. The van der Waals surface area contributed by atoms with Crippen LogP contribution in [0.25, 0.3) is 0 Å². The standard InChI is InChI=1S/C15H15N3O3/c1-9-4-3-5-13(17-9)15(20)18-12-7-6-10(21-2)8-11(12)14(16)19/h3-8H,1-2H3,(H2,16,19)(H,18,20). The number of pyridine rings is 1. The molecule has 2 rings (SSSR count). The molecule has 6 nitrogen and oxygen atoms in total. The normalized spacial score (nSPS) is 10.0. The first-order chi connectivity index (χ1) is 10.0. The van der Waals surface area contributed by atoms with Gasteiger partial charge < -0.3 is 15.8 Å². The predicted molar refractivity (Wildman–Crippen MR) is 78.4 cm³/mol. The Hall–Kier alpha value is -2.89. The van der Waals surface area contributed by atoms with E-state index in [0.29, 0.717) is 11.4 Å². The number of carbonyl (C=O) groups excluding carboxylic acids is 2. The zero-order valence-electron chi connectivity index (χ0n) is 11.7. The van der Waals surface area contributed by atoms with E-state index in [0.717, 1.165) is 5.69 Å². The molecule has 0 aliphatic rings. The molecule has 1 aromatic carbocycles. The molecule has 0 radical (unpaired) electrons. The van der Waals surface area contributed by atoms with Gasteiger partial charge in [0.1, 0.15) is 11.4 Å². The van der Waals surface area contributed by atoms with E-state index in [1.54, 1.807) is 37.3 Å². The highest BCUT2D eigenvalue weighted by Gasteiger charge is 2.14. The lowest BCUT2D eigenvalue weighted by Gasteiger charge is -2.10. The van der Waals surface area contributed by atoms with Crippen LogP contribution < -0.4 is 15.8 Å². The summed E-state index contributed by atoms with van der Waals surface area (Å²) in [5.74, 6) is -0.580. The lowest BCUT2D eigenvalue weighted by Crippen LogP contribution is -2.19. The number of methoxy groups -OCH3 is 1. The van der Waals surface area contributed by atoms with Gasteiger partial charge in [0.2, 0.25) is 0 Å². The number of rotatable bonds is 4. The molecule has 2 aromatic rings. The zero-order chi connectivity index (χ0) is 15.4. The zero-order valence-corrected chi connectivity index (χ0v) is 11.7. The molecule has 0 unspecified atom stereocenters. The van der Waals surface area contributed by atoms with Gasteiger partial charge in [-0.2, -0.15) is 0 Å². The number of hydrogen-bond donors (Lipinski definition) is 2. The minimum absolute atomic E-state index is 0.176. The van der Waals surface area contributed by atoms with Crippen molar-refractivity contribution < 1.29 is 14.3 Å². The molecule has 0 aliphatic carbocycles. The summed E-state index contributed by atoms with van der Waals surface area (Å²) in [5.41, 5.74) is 6.80. The van der Waals surface area contributed by atoms with Crippen LogP contribution in [0.2, 0.25) is 0 Å². The third-order valence-corrected chi connectivity index (χ3v) is 2.86. The number of hydrogen-bond acceptors (Lipinski definition) is 4. The Labute approximate surface area is 121 Å². The van der Waals surface area contributed by atoms with Gasteiger partial charge in [-0.3, -0.25) is 9.59 Å². The van der Waals surface area contributed by atoms with Crippen molar-refractivity contribution in [3.8, 4) is 5.75 Å². The number of benzene rings is 1. The van der Waals surface area contributed by atoms with Gasteiger partial charge in [-0.05, 0) is 37.3 Å². The van der Waals surface area contributed by atoms with Gasteiger partial charge in [-0.15, -0.1) is 0 Å². The average molecular weight is 285 g/mol. The highest BCUT2D eigenvalue weighted by Crippen LogP contribution is 2.22. The third-order valence-electron chi connectivity index (χ3n) is 2.86. The number of nitrogens with one attached hydrogen (secondary N) is 1. The van der Waals surface area contributed by atoms with Gasteiger partial charge in [0.25, 0.3) is 11.8 Å². The van der Waals surface area contributed by atoms with Crippen LogP contribution in [0.5, 0.6) is 5.75 Å². The first-order valence-corrected chi connectivity index (χ1v) is 6.24. The minimum Gasteiger partial charge on any atom is -0.497 e. The summed E-state index contributed by atoms with van der Waals surface area (Å²) in [7, 11) is 1.48. The van der Waals surface area contributed by atoms with Crippen LogP contribution in [0.3, 0.4) is 0 Å². The second-order valence-electron chi connectivity index (χ2n) is 4.39. The van der Waals surface area contributed by atoms with Crippen LogP contribution in [0.15, 0.2) is 36.4 Å². The number of amides is 2. The molecule has 0 bridgehead atoms. The summed E-state index contributed by atoms with van der Waals surface area (Å²) in [6.07, 6.45) is 0. The van der Waals surface area contributed by atoms with Gasteiger partial charge in [0.15, 0.2) is 0 Å². The highest BCUT2D eigenvalue weighted by molar-refractivity contribution is 6.08. The number of carbonyl (C=O) groups is 2. The summed E-state index contributed by atoms with van der Waals surface area (Å²) in [5, 5.41) is 2.63. The number of primary amides is 1. The molecule has 21 heavy (non-hydrogen) atoms. The van der Waals surface area contributed by atoms with Gasteiger partial charge in [-0.25, -0.2) is 4.98 Å². The van der Waals surface area contributed by atoms with Crippen LogP contribution in [0, 0.1) is 6.92 Å². The molecule has 108 valence electrons. The van der Waals surface area contributed by atoms with Crippen molar-refractivity contribution in [1.82, 2.24) is 4.98 Å². The van der Waals surface area contributed by atoms with Crippen LogP contribution in [0.1, 0.15) is 26.5 Å². The van der Waals surface area contributed by atoms with E-state index in [1.807, 2.05) is 0 Å². The van der Waals surface area contributed by atoms with Gasteiger partial charge in [0.05, 0.1) is 18.4 Å². The molecule has 0 fully saturated rings. The summed E-state index contributed by atoms with van der Waals surface area (Å²) in [6.45, 7) is 1.79. The van der Waals surface area contributed by atoms with E-state index in [-0.39, 0.29) is 11.3 Å². The molecule has 0 saturated heterocycles. The number of nitrogens with zero attached hydrogens (tertiary/aromatic N) is 1. The quantitative estimate of drug-likeness (QED) is 0.894. The molecule has 0 saturated carbocycles. The van der Waals surface area contributed by atoms with E-state index in [2.05, 4.69) is 10.3 Å². The molecule has 2 amide bonds. The van der Waals surface area contributed by atoms with Crippen molar-refractivity contribution in [3.05, 3.63) is 53.3 Å². The highest BCUT2D eigenvalue weighted by atomic mass is 16.5. The first kappa shape index (κ1) is 14.5. The Morgan fingerprint density at radius 2 is 2.00 bits per heavy atom. The Morgan fingerprint density at radius 3 is 2.62 bits per heavy atom. The second-order valence-corrected chi connectivity index (χ2v) is 4.39. The van der Waals surface area contributed by atoms with E-state index in [9.17, 15) is 9.59 Å². The van der Waals surface area contributed by atoms with Crippen LogP contribution in [-0.4, -0.2) is 23.9 Å². The predicted octanol–water partition coefficient (Wildman–Crippen LogP) is 1.75. The average Bonchev–Trinajstić information content (AvgIpc) is 2.47. The van der Waals surface area contributed by atoms with Crippen molar-refractivity contribution in [3.63, 3.8) is 0 Å². The fourth-order valence-corrected chi connectivity index (χ4v) is 1.82. The minimum atomic E-state index is -0.651. The van der Waals surface area contributed by atoms with E-state index in [1.165, 1.54) is 13.2 Å². The topological polar surface area (TPSA) is 94.3 Å². The molecular formula is C15H15N3O3. The molecule has 1 heterocycles. The Balaban J connectivity index is 2.31. The molecule has 6 heteroatoms. The van der Waals surface area contributed by atoms with Crippen molar-refractivity contribution in [2.24, 2.45) is 5.73 Å². The SMILES string of the molecule is COc1ccc(NC(=O)c2cccc(C)n2)c(C(N)=O)c1. The van der Waals surface area contributed by atoms with Gasteiger partial charge >= 0.3 is 0 Å². The molecule has 0 aliphatic heterocycles. The lowest BCUT2D eigenvalue weighted by molar-refractivity contribution is 0.100. The first-order valence-electron chi connectivity index (χ1n) is 6.24. The second kappa shape index (κ2) is 6.04. The number of aromatic nitrogens is 1. The number of ether oxygens (including phenoxy) is 1. The maximum Gasteiger partial charge on any atom is 0.274 e. The van der Waals surface area contributed by atoms with E-state index in [4.69, 9.17) is 10.5 Å². The maximum absolute atomic E-state index is 12.1. The number of nitrogens with two attached hydrogens (primary N) is 1. The van der Waals surface area contributed by atoms with E-state index >= 15 is 0 Å². The van der Waals surface area contributed by atoms with E-state index < -0.39 is 11.8 Å². The Morgan fingerprint density at radius 1 is 1.24 bits per heavy atom. The van der Waals surface area contributed by atoms with Crippen molar-refractivity contribution >= 4 is 17.5 Å². The van der Waals surface area contributed by atoms with Crippen LogP contribution >= 0.6 is 0 Å². The fraction of sp³-hybridized carbons (Fsp3) is 0.133. The van der Waals surface area contributed by atoms with Crippen molar-refractivity contribution in [2.75, 3.05) is 12.4 Å². The van der Waals surface area contributed by atoms with Crippen molar-refractivity contribution in [1.29, 1.82) is 0 Å². The number of aryl methyl sites for hydroxylation is 1. The molecule has 3 N–H and O–H groups in total. The largest absolute Gasteiger partial charge is 0.497 e. The summed E-state index contributed by atoms with van der Waals surface area (Å²) >= 11 is 0. The van der Waals surface area contributed by atoms with Gasteiger partial charge in [-0.1, -0.05) is 6.07 Å². The number of anilines is 1. The molecular weight excluding hydrogens is 270 g/mol. The molecule has 0 spiro atoms. The maximum atomic E-state index is 12.1. The monoisotopic (exact) mass is 285 g/mol. The van der Waals surface area contributed by atoms with Gasteiger partial charge in [0, 0.05) is 5.69 Å². The summed E-state index contributed by atoms with van der Waals surface area (Å²) < 4.78 is 5.03. The molecule has 0 atom stereocenters. The summed E-state index contributed by atoms with van der Waals surface area (Å²) in [6, 6.07) is 9.79. The Kier molecular flexibility index (Phi) is 4.18. The van der Waals surface area contributed by atoms with Crippen molar-refractivity contribution in [2.45, 2.75) is 6.92 Å². The fourth-order valence-electron chi connectivity index (χ4n) is 1.82. The smallest absolute Gasteiger partial charge is 0.274 e. The molecule has 1 aromatic heterocycles.